The molecule has 2 fully saturated rings. The number of hydrogen-bond acceptors (Lipinski definition) is 6. The van der Waals surface area contributed by atoms with Gasteiger partial charge in [0, 0.05) is 38.6 Å². The van der Waals surface area contributed by atoms with Crippen molar-refractivity contribution in [3.05, 3.63) is 59.7 Å². The molecule has 9 nitrogen and oxygen atoms in total. The normalized spacial score (nSPS) is 18.0. The molecule has 1 amide bonds. The van der Waals surface area contributed by atoms with Crippen LogP contribution >= 0.6 is 0 Å². The van der Waals surface area contributed by atoms with Gasteiger partial charge in [-0.25, -0.2) is 13.4 Å². The lowest BCUT2D eigenvalue weighted by molar-refractivity contribution is -0.137. The predicted molar refractivity (Wildman–Crippen MR) is 102 cm³/mol. The fourth-order valence-corrected chi connectivity index (χ4v) is 4.81. The van der Waals surface area contributed by atoms with Gasteiger partial charge < -0.3 is 14.6 Å². The third-order valence-corrected chi connectivity index (χ3v) is 7.08. The zero-order chi connectivity index (χ0) is 20.6. The molecule has 0 bridgehead atoms. The maximum Gasteiger partial charge on any atom is 0.248 e. The van der Waals surface area contributed by atoms with Crippen LogP contribution in [0.4, 0.5) is 0 Å². The molecule has 1 aromatic heterocycles. The number of aliphatic hydroxyl groups is 1. The maximum atomic E-state index is 12.6. The van der Waals surface area contributed by atoms with Gasteiger partial charge in [-0.2, -0.15) is 9.57 Å². The van der Waals surface area contributed by atoms with Crippen molar-refractivity contribution in [1.82, 2.24) is 18.8 Å². The fourth-order valence-electron chi connectivity index (χ4n) is 3.38. The molecule has 2 aliphatic rings. The van der Waals surface area contributed by atoms with Gasteiger partial charge in [0.2, 0.25) is 15.9 Å². The molecule has 0 saturated carbocycles. The molecule has 4 rings (SSSR count). The third kappa shape index (κ3) is 3.44. The van der Waals surface area contributed by atoms with Crippen molar-refractivity contribution in [2.45, 2.75) is 10.9 Å². The lowest BCUT2D eigenvalue weighted by atomic mass is 9.96. The number of likely N-dealkylation sites (tertiary alicyclic amines) is 1. The predicted octanol–water partition coefficient (Wildman–Crippen LogP) is 0.131. The Morgan fingerprint density at radius 2 is 1.83 bits per heavy atom. The van der Waals surface area contributed by atoms with Crippen molar-refractivity contribution >= 4 is 15.9 Å². The lowest BCUT2D eigenvalue weighted by Crippen LogP contribution is -2.53. The molecule has 2 saturated heterocycles. The third-order valence-electron chi connectivity index (χ3n) is 5.27. The molecule has 2 aromatic rings. The first-order valence-electron chi connectivity index (χ1n) is 9.01. The SMILES string of the molecule is N#Cc1ccc(S(=O)(=O)N2CC(=C3CN(C(=O)C(CO)n4ccnc4)C3)C2)cc1. The molecule has 1 atom stereocenters. The van der Waals surface area contributed by atoms with E-state index in [4.69, 9.17) is 5.26 Å². The monoisotopic (exact) mass is 413 g/mol. The van der Waals surface area contributed by atoms with Crippen molar-refractivity contribution in [2.75, 3.05) is 32.8 Å². The maximum absolute atomic E-state index is 12.6. The Morgan fingerprint density at radius 3 is 2.38 bits per heavy atom. The summed E-state index contributed by atoms with van der Waals surface area (Å²) in [4.78, 5) is 18.3. The number of aromatic nitrogens is 2. The van der Waals surface area contributed by atoms with E-state index in [1.165, 1.54) is 34.9 Å². The van der Waals surface area contributed by atoms with Gasteiger partial charge in [-0.15, -0.1) is 0 Å². The zero-order valence-corrected chi connectivity index (χ0v) is 16.3. The van der Waals surface area contributed by atoms with Crippen LogP contribution in [0.5, 0.6) is 0 Å². The average molecular weight is 413 g/mol. The molecule has 1 unspecified atom stereocenters. The first kappa shape index (κ1) is 19.3. The van der Waals surface area contributed by atoms with Crippen molar-refractivity contribution in [1.29, 1.82) is 5.26 Å². The molecule has 2 aliphatic heterocycles. The first-order chi connectivity index (χ1) is 13.9. The minimum atomic E-state index is -3.59. The van der Waals surface area contributed by atoms with E-state index in [9.17, 15) is 18.3 Å². The highest BCUT2D eigenvalue weighted by Crippen LogP contribution is 2.31. The number of sulfonamides is 1. The number of nitriles is 1. The van der Waals surface area contributed by atoms with Crippen molar-refractivity contribution < 1.29 is 18.3 Å². The largest absolute Gasteiger partial charge is 0.394 e. The van der Waals surface area contributed by atoms with E-state index in [1.54, 1.807) is 21.9 Å². The average Bonchev–Trinajstić information content (AvgIpc) is 3.17. The summed E-state index contributed by atoms with van der Waals surface area (Å²) < 4.78 is 28.2. The van der Waals surface area contributed by atoms with Gasteiger partial charge in [-0.3, -0.25) is 4.79 Å². The topological polar surface area (TPSA) is 120 Å². The number of nitrogens with zero attached hydrogens (tertiary/aromatic N) is 5. The molecule has 10 heteroatoms. The molecule has 29 heavy (non-hydrogen) atoms. The van der Waals surface area contributed by atoms with Crippen LogP contribution < -0.4 is 0 Å². The Hall–Kier alpha value is -3.00. The van der Waals surface area contributed by atoms with E-state index >= 15 is 0 Å². The fraction of sp³-hybridized carbons (Fsp3) is 0.316. The number of amides is 1. The second kappa shape index (κ2) is 7.44. The van der Waals surface area contributed by atoms with E-state index in [-0.39, 0.29) is 17.4 Å². The zero-order valence-electron chi connectivity index (χ0n) is 15.5. The van der Waals surface area contributed by atoms with Crippen LogP contribution in [-0.4, -0.2) is 71.0 Å². The number of carbonyl (C=O) groups is 1. The van der Waals surface area contributed by atoms with Crippen LogP contribution in [0.15, 0.2) is 59.0 Å². The summed E-state index contributed by atoms with van der Waals surface area (Å²) in [7, 11) is -3.59. The van der Waals surface area contributed by atoms with Gasteiger partial charge in [0.05, 0.1) is 29.5 Å². The van der Waals surface area contributed by atoms with E-state index in [1.807, 2.05) is 6.07 Å². The summed E-state index contributed by atoms with van der Waals surface area (Å²) in [6.07, 6.45) is 4.68. The Bertz CT molecular complexity index is 1080. The first-order valence-corrected chi connectivity index (χ1v) is 10.4. The second-order valence-electron chi connectivity index (χ2n) is 7.02. The number of rotatable bonds is 5. The highest BCUT2D eigenvalue weighted by atomic mass is 32.2. The number of carbonyl (C=O) groups excluding carboxylic acids is 1. The standard InChI is InChI=1S/C19H19N5O4S/c20-7-14-1-3-17(4-2-14)29(27,28)24-10-16(11-24)15-8-23(9-15)19(26)18(12-25)22-6-5-21-13-22/h1-6,13,18,25H,8-12H2. The molecule has 150 valence electrons. The Balaban J connectivity index is 1.37. The van der Waals surface area contributed by atoms with Gasteiger partial charge in [0.1, 0.15) is 6.04 Å². The summed E-state index contributed by atoms with van der Waals surface area (Å²) in [5.41, 5.74) is 2.49. The van der Waals surface area contributed by atoms with Crippen molar-refractivity contribution in [3.8, 4) is 6.07 Å². The van der Waals surface area contributed by atoms with Crippen molar-refractivity contribution in [2.24, 2.45) is 0 Å². The molecule has 0 radical (unpaired) electrons. The molecule has 1 N–H and O–H groups in total. The Labute approximate surface area is 168 Å². The summed E-state index contributed by atoms with van der Waals surface area (Å²) in [6, 6.07) is 7.12. The number of aliphatic hydroxyl groups excluding tert-OH is 1. The molecular formula is C19H19N5O4S. The number of imidazole rings is 1. The molecule has 3 heterocycles. The van der Waals surface area contributed by atoms with E-state index < -0.39 is 16.1 Å². The van der Waals surface area contributed by atoms with Crippen LogP contribution in [0.2, 0.25) is 0 Å². The molecule has 1 aromatic carbocycles. The minimum Gasteiger partial charge on any atom is -0.394 e. The highest BCUT2D eigenvalue weighted by Gasteiger charge is 2.39. The smallest absolute Gasteiger partial charge is 0.248 e. The highest BCUT2D eigenvalue weighted by molar-refractivity contribution is 7.89. The summed E-state index contributed by atoms with van der Waals surface area (Å²) in [5, 5.41) is 18.4. The van der Waals surface area contributed by atoms with Gasteiger partial charge in [0.25, 0.3) is 0 Å². The van der Waals surface area contributed by atoms with E-state index in [0.29, 0.717) is 31.7 Å². The van der Waals surface area contributed by atoms with Gasteiger partial charge in [-0.05, 0) is 35.4 Å². The molecule has 0 aliphatic carbocycles. The van der Waals surface area contributed by atoms with Crippen LogP contribution in [0, 0.1) is 11.3 Å². The van der Waals surface area contributed by atoms with Crippen molar-refractivity contribution in [3.63, 3.8) is 0 Å². The van der Waals surface area contributed by atoms with E-state index in [0.717, 1.165) is 11.1 Å². The number of hydrogen-bond donors (Lipinski definition) is 1. The van der Waals surface area contributed by atoms with Gasteiger partial charge in [0.15, 0.2) is 0 Å². The summed E-state index contributed by atoms with van der Waals surface area (Å²) >= 11 is 0. The quantitative estimate of drug-likeness (QED) is 0.696. The van der Waals surface area contributed by atoms with E-state index in [2.05, 4.69) is 4.98 Å². The Morgan fingerprint density at radius 1 is 1.17 bits per heavy atom. The van der Waals surface area contributed by atoms with Gasteiger partial charge >= 0.3 is 0 Å². The van der Waals surface area contributed by atoms with Crippen LogP contribution in [0.3, 0.4) is 0 Å². The summed E-state index contributed by atoms with van der Waals surface area (Å²) in [6.45, 7) is 1.21. The van der Waals surface area contributed by atoms with Crippen LogP contribution in [0.25, 0.3) is 0 Å². The summed E-state index contributed by atoms with van der Waals surface area (Å²) in [5.74, 6) is -0.184. The molecular weight excluding hydrogens is 394 g/mol. The molecule has 0 spiro atoms. The van der Waals surface area contributed by atoms with Crippen LogP contribution in [-0.2, 0) is 14.8 Å². The second-order valence-corrected chi connectivity index (χ2v) is 8.96. The Kier molecular flexibility index (Phi) is 4.96. The number of benzene rings is 1. The minimum absolute atomic E-state index is 0.164. The van der Waals surface area contributed by atoms with Gasteiger partial charge in [-0.1, -0.05) is 0 Å². The lowest BCUT2D eigenvalue weighted by Gasteiger charge is -2.42. The van der Waals surface area contributed by atoms with Crippen LogP contribution in [0.1, 0.15) is 11.6 Å².